The van der Waals surface area contributed by atoms with Crippen LogP contribution >= 0.6 is 11.6 Å². The molecule has 0 atom stereocenters. The number of carbonyl (C=O) groups is 1. The van der Waals surface area contributed by atoms with Crippen LogP contribution < -0.4 is 5.32 Å². The van der Waals surface area contributed by atoms with Crippen LogP contribution in [0.25, 0.3) is 0 Å². The Balaban J connectivity index is 1.88. The number of rotatable bonds is 4. The van der Waals surface area contributed by atoms with Crippen LogP contribution in [0.3, 0.4) is 0 Å². The van der Waals surface area contributed by atoms with Crippen LogP contribution in [0.1, 0.15) is 23.2 Å². The van der Waals surface area contributed by atoms with Crippen molar-refractivity contribution in [3.05, 3.63) is 34.6 Å². The number of nitrogens with zero attached hydrogens (tertiary/aromatic N) is 1. The van der Waals surface area contributed by atoms with Gasteiger partial charge < -0.3 is 5.32 Å². The highest BCUT2D eigenvalue weighted by atomic mass is 35.5. The molecular formula is C14H18ClFN2O3S. The molecule has 1 saturated heterocycles. The van der Waals surface area contributed by atoms with Gasteiger partial charge in [-0.2, -0.15) is 0 Å². The fourth-order valence-electron chi connectivity index (χ4n) is 2.49. The number of benzene rings is 1. The van der Waals surface area contributed by atoms with Crippen LogP contribution in [0.2, 0.25) is 5.02 Å². The van der Waals surface area contributed by atoms with E-state index in [2.05, 4.69) is 5.32 Å². The van der Waals surface area contributed by atoms with E-state index in [1.54, 1.807) is 0 Å². The Morgan fingerprint density at radius 2 is 2.05 bits per heavy atom. The first-order chi connectivity index (χ1) is 10.3. The first-order valence-corrected chi connectivity index (χ1v) is 9.19. The zero-order chi connectivity index (χ0) is 16.3. The molecule has 5 nitrogen and oxygen atoms in total. The highest BCUT2D eigenvalue weighted by Gasteiger charge is 2.25. The highest BCUT2D eigenvalue weighted by molar-refractivity contribution is 7.88. The summed E-state index contributed by atoms with van der Waals surface area (Å²) in [5.41, 5.74) is -0.155. The van der Waals surface area contributed by atoms with Gasteiger partial charge in [0.15, 0.2) is 0 Å². The molecule has 122 valence electrons. The molecule has 1 aromatic rings. The predicted molar refractivity (Wildman–Crippen MR) is 82.9 cm³/mol. The third kappa shape index (κ3) is 4.18. The number of halogens is 2. The van der Waals surface area contributed by atoms with Crippen molar-refractivity contribution < 1.29 is 17.6 Å². The number of hydrogen-bond acceptors (Lipinski definition) is 3. The maximum absolute atomic E-state index is 13.6. The zero-order valence-corrected chi connectivity index (χ0v) is 13.8. The lowest BCUT2D eigenvalue weighted by Gasteiger charge is -2.30. The van der Waals surface area contributed by atoms with Crippen LogP contribution in [0.4, 0.5) is 4.39 Å². The Kier molecular flexibility index (Phi) is 5.41. The van der Waals surface area contributed by atoms with Crippen molar-refractivity contribution in [1.29, 1.82) is 0 Å². The normalized spacial score (nSPS) is 17.4. The van der Waals surface area contributed by atoms with Gasteiger partial charge in [0.2, 0.25) is 10.0 Å². The average molecular weight is 349 g/mol. The molecule has 2 rings (SSSR count). The summed E-state index contributed by atoms with van der Waals surface area (Å²) in [6.07, 6.45) is 2.52. The van der Waals surface area contributed by atoms with Gasteiger partial charge in [-0.1, -0.05) is 17.7 Å². The second-order valence-corrected chi connectivity index (χ2v) is 7.80. The quantitative estimate of drug-likeness (QED) is 0.903. The molecule has 0 saturated carbocycles. The molecule has 1 amide bonds. The summed E-state index contributed by atoms with van der Waals surface area (Å²) in [5, 5.41) is 2.75. The summed E-state index contributed by atoms with van der Waals surface area (Å²) in [4.78, 5) is 12.0. The summed E-state index contributed by atoms with van der Waals surface area (Å²) in [7, 11) is -3.16. The minimum absolute atomic E-state index is 0.0735. The summed E-state index contributed by atoms with van der Waals surface area (Å²) in [5.74, 6) is -1.03. The highest BCUT2D eigenvalue weighted by Crippen LogP contribution is 2.20. The Labute approximate surface area is 134 Å². The van der Waals surface area contributed by atoms with Gasteiger partial charge in [-0.15, -0.1) is 0 Å². The molecule has 1 aromatic carbocycles. The van der Waals surface area contributed by atoms with E-state index in [-0.39, 0.29) is 16.5 Å². The van der Waals surface area contributed by atoms with Crippen LogP contribution in [0.5, 0.6) is 0 Å². The van der Waals surface area contributed by atoms with E-state index in [1.165, 1.54) is 28.8 Å². The van der Waals surface area contributed by atoms with E-state index in [0.29, 0.717) is 32.5 Å². The van der Waals surface area contributed by atoms with E-state index < -0.39 is 21.7 Å². The lowest BCUT2D eigenvalue weighted by atomic mass is 9.98. The van der Waals surface area contributed by atoms with Crippen LogP contribution in [-0.4, -0.2) is 44.5 Å². The van der Waals surface area contributed by atoms with Crippen molar-refractivity contribution in [3.8, 4) is 0 Å². The molecule has 22 heavy (non-hydrogen) atoms. The van der Waals surface area contributed by atoms with Crippen molar-refractivity contribution in [2.75, 3.05) is 25.9 Å². The third-order valence-corrected chi connectivity index (χ3v) is 5.40. The van der Waals surface area contributed by atoms with Crippen LogP contribution in [0.15, 0.2) is 18.2 Å². The van der Waals surface area contributed by atoms with E-state index in [0.717, 1.165) is 0 Å². The van der Waals surface area contributed by atoms with Gasteiger partial charge in [0.25, 0.3) is 5.91 Å². The Morgan fingerprint density at radius 3 is 2.59 bits per heavy atom. The standard InChI is InChI=1S/C14H18ClFN2O3S/c1-22(20,21)18-7-5-10(6-8-18)9-17-14(19)13-11(15)3-2-4-12(13)16/h2-4,10H,5-9H2,1H3,(H,17,19). The molecule has 1 fully saturated rings. The number of nitrogens with one attached hydrogen (secondary N) is 1. The molecule has 1 aliphatic rings. The maximum Gasteiger partial charge on any atom is 0.255 e. The fraction of sp³-hybridized carbons (Fsp3) is 0.500. The minimum Gasteiger partial charge on any atom is -0.352 e. The van der Waals surface area contributed by atoms with E-state index in [9.17, 15) is 17.6 Å². The second-order valence-electron chi connectivity index (χ2n) is 5.41. The molecule has 1 heterocycles. The Morgan fingerprint density at radius 1 is 1.41 bits per heavy atom. The van der Waals surface area contributed by atoms with Crippen molar-refractivity contribution in [2.45, 2.75) is 12.8 Å². The van der Waals surface area contributed by atoms with Gasteiger partial charge in [0.05, 0.1) is 16.8 Å². The SMILES string of the molecule is CS(=O)(=O)N1CCC(CNC(=O)c2c(F)cccc2Cl)CC1. The number of hydrogen-bond donors (Lipinski definition) is 1. The van der Waals surface area contributed by atoms with Crippen LogP contribution in [-0.2, 0) is 10.0 Å². The van der Waals surface area contributed by atoms with E-state index in [4.69, 9.17) is 11.6 Å². The maximum atomic E-state index is 13.6. The molecule has 1 aliphatic heterocycles. The summed E-state index contributed by atoms with van der Waals surface area (Å²) in [6.45, 7) is 1.26. The molecule has 1 N–H and O–H groups in total. The monoisotopic (exact) mass is 348 g/mol. The third-order valence-electron chi connectivity index (χ3n) is 3.78. The van der Waals surface area contributed by atoms with Gasteiger partial charge in [0.1, 0.15) is 5.82 Å². The summed E-state index contributed by atoms with van der Waals surface area (Å²) < 4.78 is 37.9. The minimum atomic E-state index is -3.16. The molecule has 0 unspecified atom stereocenters. The van der Waals surface area contributed by atoms with Gasteiger partial charge >= 0.3 is 0 Å². The first kappa shape index (κ1) is 17.2. The molecular weight excluding hydrogens is 331 g/mol. The number of piperidine rings is 1. The number of amides is 1. The van der Waals surface area contributed by atoms with Crippen molar-refractivity contribution in [3.63, 3.8) is 0 Å². The van der Waals surface area contributed by atoms with Gasteiger partial charge in [-0.05, 0) is 30.9 Å². The molecule has 8 heteroatoms. The van der Waals surface area contributed by atoms with Crippen molar-refractivity contribution in [2.24, 2.45) is 5.92 Å². The van der Waals surface area contributed by atoms with Crippen molar-refractivity contribution >= 4 is 27.5 Å². The smallest absolute Gasteiger partial charge is 0.255 e. The largest absolute Gasteiger partial charge is 0.352 e. The molecule has 0 radical (unpaired) electrons. The molecule has 0 aromatic heterocycles. The second kappa shape index (κ2) is 6.93. The van der Waals surface area contributed by atoms with Gasteiger partial charge in [0, 0.05) is 19.6 Å². The fourth-order valence-corrected chi connectivity index (χ4v) is 3.61. The number of sulfonamides is 1. The van der Waals surface area contributed by atoms with E-state index >= 15 is 0 Å². The predicted octanol–water partition coefficient (Wildman–Crippen LogP) is 1.88. The average Bonchev–Trinajstić information content (AvgIpc) is 2.44. The first-order valence-electron chi connectivity index (χ1n) is 6.96. The zero-order valence-electron chi connectivity index (χ0n) is 12.2. The van der Waals surface area contributed by atoms with Gasteiger partial charge in [-0.25, -0.2) is 17.1 Å². The summed E-state index contributed by atoms with van der Waals surface area (Å²) >= 11 is 5.84. The molecule has 0 spiro atoms. The Bertz CT molecular complexity index is 638. The lowest BCUT2D eigenvalue weighted by molar-refractivity contribution is 0.0937. The molecule has 0 aliphatic carbocycles. The number of carbonyl (C=O) groups excluding carboxylic acids is 1. The van der Waals surface area contributed by atoms with Gasteiger partial charge in [-0.3, -0.25) is 4.79 Å². The van der Waals surface area contributed by atoms with E-state index in [1.807, 2.05) is 0 Å². The molecule has 0 bridgehead atoms. The van der Waals surface area contributed by atoms with Crippen molar-refractivity contribution in [1.82, 2.24) is 9.62 Å². The van der Waals surface area contributed by atoms with Crippen LogP contribution in [0, 0.1) is 11.7 Å². The lowest BCUT2D eigenvalue weighted by Crippen LogP contribution is -2.41. The Hall–Kier alpha value is -1.18. The summed E-state index contributed by atoms with van der Waals surface area (Å²) in [6, 6.07) is 4.09. The topological polar surface area (TPSA) is 66.5 Å².